The maximum Gasteiger partial charge on any atom is 0.319 e. The number of nitrogens with zero attached hydrogens (tertiary/aromatic N) is 6. The van der Waals surface area contributed by atoms with E-state index in [1.165, 1.54) is 0 Å². The van der Waals surface area contributed by atoms with Gasteiger partial charge in [-0.2, -0.15) is 0 Å². The lowest BCUT2D eigenvalue weighted by atomic mass is 10.0. The molecule has 1 saturated carbocycles. The zero-order valence-electron chi connectivity index (χ0n) is 33.1. The van der Waals surface area contributed by atoms with Crippen LogP contribution >= 0.6 is 11.6 Å². The Labute approximate surface area is 334 Å². The van der Waals surface area contributed by atoms with E-state index in [1.54, 1.807) is 53.7 Å². The van der Waals surface area contributed by atoms with Crippen LogP contribution in [0.4, 0.5) is 22.1 Å². The largest absolute Gasteiger partial charge is 0.377 e. The average Bonchev–Trinajstić information content (AvgIpc) is 3.93. The molecule has 4 atom stereocenters. The van der Waals surface area contributed by atoms with Crippen molar-refractivity contribution < 1.29 is 31.1 Å². The van der Waals surface area contributed by atoms with Gasteiger partial charge in [0.25, 0.3) is 0 Å². The van der Waals surface area contributed by atoms with Crippen molar-refractivity contribution in [1.82, 2.24) is 25.3 Å². The van der Waals surface area contributed by atoms with Gasteiger partial charge in [-0.15, -0.1) is 0 Å². The minimum absolute atomic E-state index is 0.0655. The highest BCUT2D eigenvalue weighted by molar-refractivity contribution is 7.93. The molecule has 0 radical (unpaired) electrons. The number of carbonyl (C=O) groups is 1. The summed E-state index contributed by atoms with van der Waals surface area (Å²) in [5.41, 5.74) is 3.88. The number of fused-ring (bicyclic) bond motifs is 2. The Morgan fingerprint density at radius 2 is 1.23 bits per heavy atom. The number of hydrogen-bond acceptors (Lipinski definition) is 13. The number of ether oxygens (including phenoxy) is 2. The Bertz CT molecular complexity index is 2250. The van der Waals surface area contributed by atoms with E-state index in [0.29, 0.717) is 85.2 Å². The molecule has 5 aliphatic rings. The maximum absolute atomic E-state index is 13.3. The number of urea groups is 1. The predicted octanol–water partition coefficient (Wildman–Crippen LogP) is 5.46. The van der Waals surface area contributed by atoms with E-state index < -0.39 is 39.7 Å². The second-order valence-electron chi connectivity index (χ2n) is 16.3. The predicted molar refractivity (Wildman–Crippen MR) is 216 cm³/mol. The molecule has 0 spiro atoms. The second kappa shape index (κ2) is 14.6. The lowest BCUT2D eigenvalue weighted by molar-refractivity contribution is 0.0984. The van der Waals surface area contributed by atoms with Crippen LogP contribution in [0.3, 0.4) is 0 Å². The standard InChI is InChI=1S/C24H31N5O4S.C14H20ClN3O3S/c1-14-13-33-12-11-29(14)22-19-15(2)34(31,32)24(3,4)20(19)27-21(28-22)16-5-7-17(8-6-16)25-23(30)26-18-9-10-18;1-8-7-21-6-5-18(8)12-10-9(2)22(19,20)14(3,4)11(10)16-13(15)17-12/h5-8,14-15,18H,9-13H2,1-4H3,(H2,25,26,30);8-9H,5-7H2,1-4H3/t14-,15?;8-,9?/m00/s1. The minimum atomic E-state index is -3.48. The van der Waals surface area contributed by atoms with Gasteiger partial charge in [0.05, 0.1) is 60.4 Å². The molecule has 4 aliphatic heterocycles. The number of aromatic nitrogens is 4. The van der Waals surface area contributed by atoms with Gasteiger partial charge in [-0.05, 0) is 104 Å². The fraction of sp³-hybridized carbons (Fsp3) is 0.605. The third kappa shape index (κ3) is 6.90. The summed E-state index contributed by atoms with van der Waals surface area (Å²) in [5.74, 6) is 1.77. The number of halogens is 1. The summed E-state index contributed by atoms with van der Waals surface area (Å²) >= 11 is 6.09. The molecule has 1 aliphatic carbocycles. The third-order valence-electron chi connectivity index (χ3n) is 11.7. The van der Waals surface area contributed by atoms with Crippen LogP contribution in [0.2, 0.25) is 5.28 Å². The topological polar surface area (TPSA) is 186 Å². The highest BCUT2D eigenvalue weighted by Crippen LogP contribution is 2.53. The first-order valence-corrected chi connectivity index (χ1v) is 22.6. The van der Waals surface area contributed by atoms with E-state index in [-0.39, 0.29) is 29.4 Å². The van der Waals surface area contributed by atoms with Gasteiger partial charge >= 0.3 is 6.03 Å². The molecule has 2 N–H and O–H groups in total. The quantitative estimate of drug-likeness (QED) is 0.310. The number of morpholine rings is 2. The Morgan fingerprint density at radius 3 is 1.71 bits per heavy atom. The molecule has 1 aromatic carbocycles. The van der Waals surface area contributed by atoms with Crippen LogP contribution in [0.5, 0.6) is 0 Å². The van der Waals surface area contributed by atoms with Crippen LogP contribution in [0.1, 0.15) is 101 Å². The molecule has 2 unspecified atom stereocenters. The van der Waals surface area contributed by atoms with Gasteiger partial charge in [0, 0.05) is 41.5 Å². The van der Waals surface area contributed by atoms with Crippen molar-refractivity contribution in [3.63, 3.8) is 0 Å². The van der Waals surface area contributed by atoms with Gasteiger partial charge in [0.2, 0.25) is 5.28 Å². The average molecular weight is 831 g/mol. The van der Waals surface area contributed by atoms with E-state index in [0.717, 1.165) is 18.4 Å². The lowest BCUT2D eigenvalue weighted by Gasteiger charge is -2.36. The van der Waals surface area contributed by atoms with E-state index in [2.05, 4.69) is 37.3 Å². The van der Waals surface area contributed by atoms with Crippen molar-refractivity contribution in [1.29, 1.82) is 0 Å². The van der Waals surface area contributed by atoms with Crippen molar-refractivity contribution in [2.24, 2.45) is 0 Å². The van der Waals surface area contributed by atoms with Crippen molar-refractivity contribution in [3.05, 3.63) is 52.1 Å². The van der Waals surface area contributed by atoms with Crippen LogP contribution in [-0.2, 0) is 38.6 Å². The van der Waals surface area contributed by atoms with Crippen LogP contribution in [0.15, 0.2) is 24.3 Å². The van der Waals surface area contributed by atoms with Crippen LogP contribution in [-0.4, -0.2) is 100 Å². The zero-order chi connectivity index (χ0) is 40.5. The van der Waals surface area contributed by atoms with E-state index in [9.17, 15) is 21.6 Å². The maximum atomic E-state index is 13.3. The number of sulfone groups is 2. The van der Waals surface area contributed by atoms with E-state index in [1.807, 2.05) is 19.1 Å². The minimum Gasteiger partial charge on any atom is -0.377 e. The first-order chi connectivity index (χ1) is 26.3. The summed E-state index contributed by atoms with van der Waals surface area (Å²) in [6.07, 6.45) is 2.05. The Balaban J connectivity index is 0.000000189. The smallest absolute Gasteiger partial charge is 0.319 e. The number of nitrogens with one attached hydrogen (secondary N) is 2. The lowest BCUT2D eigenvalue weighted by Crippen LogP contribution is -2.44. The SMILES string of the molecule is CC1c2c(N3CCOC[C@@H]3C)nc(-c3ccc(NC(=O)NC4CC4)cc3)nc2C(C)(C)S1(=O)=O.CC1c2c(N3CCOC[C@@H]3C)nc(Cl)nc2C(C)(C)S1(=O)=O. The number of rotatable bonds is 5. The molecule has 304 valence electrons. The van der Waals surface area contributed by atoms with Gasteiger partial charge in [0.1, 0.15) is 21.1 Å². The number of benzene rings is 1. The van der Waals surface area contributed by atoms with E-state index >= 15 is 0 Å². The summed E-state index contributed by atoms with van der Waals surface area (Å²) in [6, 6.07) is 7.55. The zero-order valence-corrected chi connectivity index (χ0v) is 35.5. The van der Waals surface area contributed by atoms with Gasteiger partial charge in [-0.1, -0.05) is 0 Å². The highest BCUT2D eigenvalue weighted by atomic mass is 35.5. The number of amides is 2. The van der Waals surface area contributed by atoms with E-state index in [4.69, 9.17) is 31.0 Å². The monoisotopic (exact) mass is 830 g/mol. The summed E-state index contributed by atoms with van der Waals surface area (Å²) in [5, 5.41) is 4.50. The molecular weight excluding hydrogens is 780 g/mol. The second-order valence-corrected chi connectivity index (χ2v) is 22.3. The summed E-state index contributed by atoms with van der Waals surface area (Å²) < 4.78 is 61.0. The van der Waals surface area contributed by atoms with Crippen molar-refractivity contribution in [2.75, 3.05) is 54.6 Å². The first-order valence-electron chi connectivity index (χ1n) is 19.1. The van der Waals surface area contributed by atoms with Crippen LogP contribution in [0.25, 0.3) is 11.4 Å². The van der Waals surface area contributed by atoms with Crippen molar-refractivity contribution in [2.45, 2.75) is 106 Å². The number of hydrogen-bond donors (Lipinski definition) is 2. The Hall–Kier alpha value is -3.64. The number of carbonyl (C=O) groups excluding carboxylic acids is 1. The summed E-state index contributed by atoms with van der Waals surface area (Å²) in [4.78, 5) is 34.6. The fourth-order valence-electron chi connectivity index (χ4n) is 7.95. The highest BCUT2D eigenvalue weighted by Gasteiger charge is 2.54. The third-order valence-corrected chi connectivity index (χ3v) is 17.5. The van der Waals surface area contributed by atoms with Crippen LogP contribution in [0, 0.1) is 0 Å². The molecule has 3 aromatic rings. The number of anilines is 3. The molecule has 18 heteroatoms. The molecule has 2 saturated heterocycles. The van der Waals surface area contributed by atoms with Gasteiger partial charge in [0.15, 0.2) is 25.5 Å². The Morgan fingerprint density at radius 1 is 0.750 bits per heavy atom. The first kappa shape index (κ1) is 40.6. The fourth-order valence-corrected chi connectivity index (χ4v) is 11.8. The van der Waals surface area contributed by atoms with Gasteiger partial charge in [-0.25, -0.2) is 41.6 Å². The molecule has 56 heavy (non-hydrogen) atoms. The molecule has 3 fully saturated rings. The van der Waals surface area contributed by atoms with Gasteiger partial charge < -0.3 is 29.9 Å². The van der Waals surface area contributed by atoms with Crippen molar-refractivity contribution >= 4 is 54.6 Å². The molecule has 8 rings (SSSR count). The summed E-state index contributed by atoms with van der Waals surface area (Å²) in [6.45, 7) is 17.9. The molecule has 2 aromatic heterocycles. The molecule has 0 bridgehead atoms. The molecule has 2 amide bonds. The van der Waals surface area contributed by atoms with Crippen molar-refractivity contribution in [3.8, 4) is 11.4 Å². The molecule has 15 nitrogen and oxygen atoms in total. The summed E-state index contributed by atoms with van der Waals surface area (Å²) in [7, 11) is -6.86. The van der Waals surface area contributed by atoms with Gasteiger partial charge in [-0.3, -0.25) is 0 Å². The normalized spacial score (nSPS) is 26.7. The molecular formula is C38H51ClN8O7S2. The Kier molecular flexibility index (Phi) is 10.6. The molecule has 6 heterocycles. The van der Waals surface area contributed by atoms with Crippen LogP contribution < -0.4 is 20.4 Å².